The lowest BCUT2D eigenvalue weighted by Crippen LogP contribution is -2.39. The number of nitrogens with one attached hydrogen (secondary N) is 1. The fraction of sp³-hybridized carbons (Fsp3) is 0.100. The number of benzene rings is 2. The fourth-order valence-corrected chi connectivity index (χ4v) is 3.89. The van der Waals surface area contributed by atoms with Crippen molar-refractivity contribution in [3.8, 4) is 0 Å². The standard InChI is InChI=1S/C20H19N3O4S/c1-16-9-11-17(12-10-16)23(28(25,26)19-7-3-2-4-8-19)15-20(24)22-21-14-18-6-5-13-27-18/h2-14H,15H2,1H3,(H,22,24)/b21-14-. The van der Waals surface area contributed by atoms with Crippen LogP contribution in [0.4, 0.5) is 5.69 Å². The summed E-state index contributed by atoms with van der Waals surface area (Å²) < 4.78 is 32.3. The first kappa shape index (κ1) is 19.4. The number of amides is 1. The van der Waals surface area contributed by atoms with Gasteiger partial charge in [-0.3, -0.25) is 9.10 Å². The number of carbonyl (C=O) groups excluding carboxylic acids is 1. The molecule has 0 fully saturated rings. The van der Waals surface area contributed by atoms with Gasteiger partial charge in [0.25, 0.3) is 15.9 Å². The van der Waals surface area contributed by atoms with Crippen molar-refractivity contribution in [2.24, 2.45) is 5.10 Å². The minimum Gasteiger partial charge on any atom is -0.463 e. The Kier molecular flexibility index (Phi) is 5.90. The highest BCUT2D eigenvalue weighted by Gasteiger charge is 2.26. The smallest absolute Gasteiger partial charge is 0.264 e. The van der Waals surface area contributed by atoms with Crippen molar-refractivity contribution >= 4 is 27.8 Å². The van der Waals surface area contributed by atoms with E-state index in [4.69, 9.17) is 4.42 Å². The first-order valence-electron chi connectivity index (χ1n) is 8.47. The Morgan fingerprint density at radius 1 is 1.07 bits per heavy atom. The van der Waals surface area contributed by atoms with Crippen LogP contribution in [0.25, 0.3) is 0 Å². The molecule has 0 unspecified atom stereocenters. The molecule has 1 heterocycles. The van der Waals surface area contributed by atoms with Crippen LogP contribution < -0.4 is 9.73 Å². The summed E-state index contributed by atoms with van der Waals surface area (Å²) >= 11 is 0. The lowest BCUT2D eigenvalue weighted by molar-refractivity contribution is -0.119. The normalized spacial score (nSPS) is 11.5. The second-order valence-corrected chi connectivity index (χ2v) is 7.83. The number of furan rings is 1. The van der Waals surface area contributed by atoms with Crippen LogP contribution in [0.5, 0.6) is 0 Å². The van der Waals surface area contributed by atoms with E-state index in [1.165, 1.54) is 24.6 Å². The van der Waals surface area contributed by atoms with Gasteiger partial charge in [-0.05, 0) is 43.3 Å². The SMILES string of the molecule is Cc1ccc(N(CC(=O)N/N=C\c2ccco2)S(=O)(=O)c2ccccc2)cc1. The third-order valence-electron chi connectivity index (χ3n) is 3.86. The summed E-state index contributed by atoms with van der Waals surface area (Å²) in [6.07, 6.45) is 2.81. The Labute approximate surface area is 163 Å². The van der Waals surface area contributed by atoms with Gasteiger partial charge in [0.05, 0.1) is 23.1 Å². The molecular weight excluding hydrogens is 378 g/mol. The molecule has 0 spiro atoms. The van der Waals surface area contributed by atoms with Crippen molar-refractivity contribution in [1.82, 2.24) is 5.43 Å². The van der Waals surface area contributed by atoms with Gasteiger partial charge in [0.15, 0.2) is 0 Å². The zero-order valence-electron chi connectivity index (χ0n) is 15.1. The maximum atomic E-state index is 13.1. The Hall–Kier alpha value is -3.39. The highest BCUT2D eigenvalue weighted by atomic mass is 32.2. The maximum absolute atomic E-state index is 13.1. The summed E-state index contributed by atoms with van der Waals surface area (Å²) in [4.78, 5) is 12.4. The van der Waals surface area contributed by atoms with Gasteiger partial charge >= 0.3 is 0 Å². The first-order valence-corrected chi connectivity index (χ1v) is 9.91. The molecule has 0 atom stereocenters. The predicted molar refractivity (Wildman–Crippen MR) is 107 cm³/mol. The van der Waals surface area contributed by atoms with Crippen molar-refractivity contribution in [3.63, 3.8) is 0 Å². The van der Waals surface area contributed by atoms with Crippen LogP contribution in [-0.4, -0.2) is 27.1 Å². The fourth-order valence-electron chi connectivity index (χ4n) is 2.44. The van der Waals surface area contributed by atoms with Gasteiger partial charge in [-0.25, -0.2) is 13.8 Å². The average Bonchev–Trinajstić information content (AvgIpc) is 3.21. The van der Waals surface area contributed by atoms with E-state index >= 15 is 0 Å². The molecule has 3 aromatic rings. The molecule has 0 radical (unpaired) electrons. The van der Waals surface area contributed by atoms with Crippen LogP contribution in [-0.2, 0) is 14.8 Å². The average molecular weight is 397 g/mol. The number of carbonyl (C=O) groups is 1. The van der Waals surface area contributed by atoms with Crippen molar-refractivity contribution < 1.29 is 17.6 Å². The zero-order valence-corrected chi connectivity index (χ0v) is 16.0. The molecule has 8 heteroatoms. The summed E-state index contributed by atoms with van der Waals surface area (Å²) in [6.45, 7) is 1.48. The highest BCUT2D eigenvalue weighted by molar-refractivity contribution is 7.92. The Morgan fingerprint density at radius 3 is 2.43 bits per heavy atom. The quantitative estimate of drug-likeness (QED) is 0.490. The number of rotatable bonds is 7. The largest absolute Gasteiger partial charge is 0.463 e. The van der Waals surface area contributed by atoms with E-state index in [1.807, 2.05) is 6.92 Å². The lowest BCUT2D eigenvalue weighted by atomic mass is 10.2. The van der Waals surface area contributed by atoms with E-state index < -0.39 is 22.5 Å². The van der Waals surface area contributed by atoms with Gasteiger partial charge in [0, 0.05) is 0 Å². The van der Waals surface area contributed by atoms with Crippen LogP contribution in [0.15, 0.2) is 87.4 Å². The second kappa shape index (κ2) is 8.53. The van der Waals surface area contributed by atoms with Gasteiger partial charge in [-0.1, -0.05) is 35.9 Å². The summed E-state index contributed by atoms with van der Waals surface area (Å²) in [5, 5.41) is 3.79. The third-order valence-corrected chi connectivity index (χ3v) is 5.65. The van der Waals surface area contributed by atoms with E-state index in [0.29, 0.717) is 11.4 Å². The molecule has 2 aromatic carbocycles. The summed E-state index contributed by atoms with van der Waals surface area (Å²) in [5.41, 5.74) is 3.69. The Balaban J connectivity index is 1.84. The van der Waals surface area contributed by atoms with E-state index in [-0.39, 0.29) is 4.90 Å². The molecule has 0 aliphatic heterocycles. The molecule has 7 nitrogen and oxygen atoms in total. The van der Waals surface area contributed by atoms with Crippen LogP contribution >= 0.6 is 0 Å². The molecule has 0 saturated heterocycles. The van der Waals surface area contributed by atoms with Gasteiger partial charge in [0.2, 0.25) is 0 Å². The minimum absolute atomic E-state index is 0.0995. The Bertz CT molecular complexity index is 1040. The van der Waals surface area contributed by atoms with Crippen LogP contribution in [0.3, 0.4) is 0 Å². The zero-order chi connectivity index (χ0) is 20.0. The molecule has 1 amide bonds. The van der Waals surface area contributed by atoms with Gasteiger partial charge in [-0.15, -0.1) is 0 Å². The van der Waals surface area contributed by atoms with E-state index in [9.17, 15) is 13.2 Å². The molecule has 0 bridgehead atoms. The molecule has 1 aromatic heterocycles. The predicted octanol–water partition coefficient (Wildman–Crippen LogP) is 2.93. The summed E-state index contributed by atoms with van der Waals surface area (Å²) in [6, 6.07) is 18.2. The van der Waals surface area contributed by atoms with Crippen LogP contribution in [0, 0.1) is 6.92 Å². The number of anilines is 1. The number of hydrogen-bond acceptors (Lipinski definition) is 5. The maximum Gasteiger partial charge on any atom is 0.264 e. The molecule has 0 aliphatic rings. The first-order chi connectivity index (χ1) is 13.5. The van der Waals surface area contributed by atoms with Crippen LogP contribution in [0.1, 0.15) is 11.3 Å². The second-order valence-electron chi connectivity index (χ2n) is 5.97. The van der Waals surface area contributed by atoms with Crippen molar-refractivity contribution in [2.45, 2.75) is 11.8 Å². The molecule has 3 rings (SSSR count). The lowest BCUT2D eigenvalue weighted by Gasteiger charge is -2.23. The van der Waals surface area contributed by atoms with E-state index in [2.05, 4.69) is 10.5 Å². The molecular formula is C20H19N3O4S. The molecule has 28 heavy (non-hydrogen) atoms. The minimum atomic E-state index is -3.93. The monoisotopic (exact) mass is 397 g/mol. The molecule has 1 N–H and O–H groups in total. The third kappa shape index (κ3) is 4.66. The molecule has 0 aliphatic carbocycles. The van der Waals surface area contributed by atoms with E-state index in [0.717, 1.165) is 9.87 Å². The molecule has 144 valence electrons. The number of sulfonamides is 1. The number of aryl methyl sites for hydroxylation is 1. The Morgan fingerprint density at radius 2 is 1.79 bits per heavy atom. The van der Waals surface area contributed by atoms with E-state index in [1.54, 1.807) is 54.6 Å². The topological polar surface area (TPSA) is 92.0 Å². The van der Waals surface area contributed by atoms with Gasteiger partial charge < -0.3 is 4.42 Å². The number of nitrogens with zero attached hydrogens (tertiary/aromatic N) is 2. The highest BCUT2D eigenvalue weighted by Crippen LogP contribution is 2.23. The number of hydrogen-bond donors (Lipinski definition) is 1. The van der Waals surface area contributed by atoms with Crippen LogP contribution in [0.2, 0.25) is 0 Å². The van der Waals surface area contributed by atoms with Crippen molar-refractivity contribution in [2.75, 3.05) is 10.8 Å². The van der Waals surface area contributed by atoms with Crippen molar-refractivity contribution in [1.29, 1.82) is 0 Å². The molecule has 0 saturated carbocycles. The van der Waals surface area contributed by atoms with Gasteiger partial charge in [0.1, 0.15) is 12.3 Å². The summed E-state index contributed by atoms with van der Waals surface area (Å²) in [7, 11) is -3.93. The summed E-state index contributed by atoms with van der Waals surface area (Å²) in [5.74, 6) is -0.115. The van der Waals surface area contributed by atoms with Crippen molar-refractivity contribution in [3.05, 3.63) is 84.3 Å². The number of hydrazone groups is 1. The van der Waals surface area contributed by atoms with Gasteiger partial charge in [-0.2, -0.15) is 5.10 Å².